The van der Waals surface area contributed by atoms with Gasteiger partial charge in [0.1, 0.15) is 5.60 Å². The lowest BCUT2D eigenvalue weighted by molar-refractivity contribution is -0.135. The number of likely N-dealkylation sites (tertiary alicyclic amines) is 1. The fourth-order valence-corrected chi connectivity index (χ4v) is 2.29. The molecule has 1 unspecified atom stereocenters. The van der Waals surface area contributed by atoms with Crippen molar-refractivity contribution in [3.8, 4) is 0 Å². The van der Waals surface area contributed by atoms with Crippen molar-refractivity contribution in [1.29, 1.82) is 0 Å². The molecule has 0 saturated carbocycles. The number of amides is 1. The van der Waals surface area contributed by atoms with Gasteiger partial charge >= 0.3 is 12.3 Å². The summed E-state index contributed by atoms with van der Waals surface area (Å²) in [5.41, 5.74) is -0.537. The summed E-state index contributed by atoms with van der Waals surface area (Å²) >= 11 is 0. The molecule has 1 rings (SSSR count). The Labute approximate surface area is 124 Å². The molecule has 4 nitrogen and oxygen atoms in total. The van der Waals surface area contributed by atoms with E-state index in [0.29, 0.717) is 19.6 Å². The van der Waals surface area contributed by atoms with E-state index in [9.17, 15) is 18.0 Å². The van der Waals surface area contributed by atoms with Crippen LogP contribution in [0.5, 0.6) is 0 Å². The lowest BCUT2D eigenvalue weighted by Crippen LogP contribution is -2.44. The quantitative estimate of drug-likeness (QED) is 0.792. The average Bonchev–Trinajstić information content (AvgIpc) is 2.73. The van der Waals surface area contributed by atoms with Gasteiger partial charge in [0.2, 0.25) is 0 Å². The molecule has 0 aromatic heterocycles. The molecule has 1 amide bonds. The fourth-order valence-electron chi connectivity index (χ4n) is 2.29. The highest BCUT2D eigenvalue weighted by atomic mass is 19.4. The van der Waals surface area contributed by atoms with Crippen LogP contribution in [0.1, 0.15) is 46.5 Å². The molecule has 1 heterocycles. The van der Waals surface area contributed by atoms with Crippen molar-refractivity contribution < 1.29 is 22.7 Å². The lowest BCUT2D eigenvalue weighted by atomic mass is 10.2. The van der Waals surface area contributed by atoms with Gasteiger partial charge in [0.25, 0.3) is 0 Å². The first-order chi connectivity index (χ1) is 9.58. The summed E-state index contributed by atoms with van der Waals surface area (Å²) in [6.45, 7) is 6.89. The molecule has 1 saturated heterocycles. The standard InChI is InChI=1S/C14H25F3N2O2/c1-13(2,3)21-12(20)19-9-4-6-11(19)10-18-8-5-7-14(15,16)17/h11,18H,4-10H2,1-3H3. The van der Waals surface area contributed by atoms with Crippen LogP contribution in [-0.2, 0) is 4.74 Å². The molecule has 0 aromatic rings. The van der Waals surface area contributed by atoms with E-state index < -0.39 is 18.2 Å². The van der Waals surface area contributed by atoms with Gasteiger partial charge in [0.05, 0.1) is 0 Å². The molecule has 124 valence electrons. The van der Waals surface area contributed by atoms with Gasteiger partial charge in [0.15, 0.2) is 0 Å². The number of halogens is 3. The monoisotopic (exact) mass is 310 g/mol. The van der Waals surface area contributed by atoms with Crippen LogP contribution in [-0.4, -0.2) is 48.4 Å². The number of carbonyl (C=O) groups is 1. The summed E-state index contributed by atoms with van der Waals surface area (Å²) in [6.07, 6.45) is -3.41. The Morgan fingerprint density at radius 3 is 2.57 bits per heavy atom. The van der Waals surface area contributed by atoms with Crippen LogP contribution in [0.2, 0.25) is 0 Å². The third kappa shape index (κ3) is 7.55. The van der Waals surface area contributed by atoms with E-state index in [0.717, 1.165) is 12.8 Å². The van der Waals surface area contributed by atoms with Crippen LogP contribution in [0.15, 0.2) is 0 Å². The zero-order valence-electron chi connectivity index (χ0n) is 12.9. The fraction of sp³-hybridized carbons (Fsp3) is 0.929. The van der Waals surface area contributed by atoms with Gasteiger partial charge in [-0.05, 0) is 46.6 Å². The number of ether oxygens (including phenoxy) is 1. The second-order valence-corrected chi connectivity index (χ2v) is 6.39. The molecular weight excluding hydrogens is 285 g/mol. The molecule has 0 bridgehead atoms. The second kappa shape index (κ2) is 7.33. The molecule has 1 atom stereocenters. The number of nitrogens with one attached hydrogen (secondary N) is 1. The molecule has 1 N–H and O–H groups in total. The maximum atomic E-state index is 12.0. The largest absolute Gasteiger partial charge is 0.444 e. The lowest BCUT2D eigenvalue weighted by Gasteiger charge is -2.28. The van der Waals surface area contributed by atoms with Crippen molar-refractivity contribution in [2.75, 3.05) is 19.6 Å². The summed E-state index contributed by atoms with van der Waals surface area (Å²) in [5.74, 6) is 0. The Morgan fingerprint density at radius 2 is 2.00 bits per heavy atom. The van der Waals surface area contributed by atoms with E-state index in [1.165, 1.54) is 0 Å². The van der Waals surface area contributed by atoms with Crippen molar-refractivity contribution in [1.82, 2.24) is 10.2 Å². The molecule has 1 aliphatic heterocycles. The first-order valence-electron chi connectivity index (χ1n) is 7.35. The Bertz CT molecular complexity index is 340. The van der Waals surface area contributed by atoms with E-state index in [1.54, 1.807) is 4.90 Å². The van der Waals surface area contributed by atoms with Gasteiger partial charge in [-0.2, -0.15) is 13.2 Å². The molecule has 1 fully saturated rings. The van der Waals surface area contributed by atoms with Crippen LogP contribution in [0, 0.1) is 0 Å². The molecule has 0 spiro atoms. The number of hydrogen-bond donors (Lipinski definition) is 1. The summed E-state index contributed by atoms with van der Waals surface area (Å²) in [4.78, 5) is 13.7. The van der Waals surface area contributed by atoms with Crippen molar-refractivity contribution >= 4 is 6.09 Å². The van der Waals surface area contributed by atoms with Crippen LogP contribution >= 0.6 is 0 Å². The van der Waals surface area contributed by atoms with Crippen LogP contribution < -0.4 is 5.32 Å². The first kappa shape index (κ1) is 18.1. The van der Waals surface area contributed by atoms with Gasteiger partial charge in [-0.15, -0.1) is 0 Å². The Balaban J connectivity index is 2.29. The Morgan fingerprint density at radius 1 is 1.33 bits per heavy atom. The van der Waals surface area contributed by atoms with Crippen molar-refractivity contribution in [3.63, 3.8) is 0 Å². The van der Waals surface area contributed by atoms with E-state index in [-0.39, 0.29) is 18.6 Å². The predicted molar refractivity (Wildman–Crippen MR) is 74.1 cm³/mol. The Hall–Kier alpha value is -0.980. The number of nitrogens with zero attached hydrogens (tertiary/aromatic N) is 1. The highest BCUT2D eigenvalue weighted by Crippen LogP contribution is 2.22. The minimum absolute atomic E-state index is 0.00531. The van der Waals surface area contributed by atoms with Crippen LogP contribution in [0.4, 0.5) is 18.0 Å². The van der Waals surface area contributed by atoms with Crippen molar-refractivity contribution in [2.24, 2.45) is 0 Å². The minimum atomic E-state index is -4.10. The zero-order chi connectivity index (χ0) is 16.1. The van der Waals surface area contributed by atoms with E-state index >= 15 is 0 Å². The average molecular weight is 310 g/mol. The number of carbonyl (C=O) groups excluding carboxylic acids is 1. The normalized spacial score (nSPS) is 19.9. The van der Waals surface area contributed by atoms with E-state index in [4.69, 9.17) is 4.74 Å². The highest BCUT2D eigenvalue weighted by Gasteiger charge is 2.32. The predicted octanol–water partition coefficient (Wildman–Crippen LogP) is 3.32. The smallest absolute Gasteiger partial charge is 0.410 e. The second-order valence-electron chi connectivity index (χ2n) is 6.39. The van der Waals surface area contributed by atoms with Gasteiger partial charge < -0.3 is 15.0 Å². The molecule has 7 heteroatoms. The van der Waals surface area contributed by atoms with Crippen LogP contribution in [0.25, 0.3) is 0 Å². The third-order valence-electron chi connectivity index (χ3n) is 3.20. The van der Waals surface area contributed by atoms with Crippen molar-refractivity contribution in [2.45, 2.75) is 64.3 Å². The maximum absolute atomic E-state index is 12.0. The number of rotatable bonds is 5. The summed E-state index contributed by atoms with van der Waals surface area (Å²) in [5, 5.41) is 3.00. The van der Waals surface area contributed by atoms with Gasteiger partial charge in [-0.1, -0.05) is 0 Å². The summed E-state index contributed by atoms with van der Waals surface area (Å²) in [6, 6.07) is 0.00531. The topological polar surface area (TPSA) is 41.6 Å². The number of alkyl halides is 3. The summed E-state index contributed by atoms with van der Waals surface area (Å²) in [7, 11) is 0. The maximum Gasteiger partial charge on any atom is 0.410 e. The molecule has 0 aromatic carbocycles. The molecular formula is C14H25F3N2O2. The van der Waals surface area contributed by atoms with Crippen molar-refractivity contribution in [3.05, 3.63) is 0 Å². The molecule has 1 aliphatic rings. The minimum Gasteiger partial charge on any atom is -0.444 e. The Kier molecular flexibility index (Phi) is 6.31. The number of hydrogen-bond acceptors (Lipinski definition) is 3. The summed E-state index contributed by atoms with van der Waals surface area (Å²) < 4.78 is 41.4. The SMILES string of the molecule is CC(C)(C)OC(=O)N1CCCC1CNCCCC(F)(F)F. The molecule has 21 heavy (non-hydrogen) atoms. The van der Waals surface area contributed by atoms with Gasteiger partial charge in [-0.3, -0.25) is 0 Å². The zero-order valence-corrected chi connectivity index (χ0v) is 12.9. The van der Waals surface area contributed by atoms with E-state index in [2.05, 4.69) is 5.32 Å². The van der Waals surface area contributed by atoms with E-state index in [1.807, 2.05) is 20.8 Å². The van der Waals surface area contributed by atoms with Crippen LogP contribution in [0.3, 0.4) is 0 Å². The first-order valence-corrected chi connectivity index (χ1v) is 7.35. The third-order valence-corrected chi connectivity index (χ3v) is 3.20. The van der Waals surface area contributed by atoms with Gasteiger partial charge in [0, 0.05) is 25.6 Å². The van der Waals surface area contributed by atoms with Gasteiger partial charge in [-0.25, -0.2) is 4.79 Å². The highest BCUT2D eigenvalue weighted by molar-refractivity contribution is 5.69. The molecule has 0 radical (unpaired) electrons. The molecule has 0 aliphatic carbocycles.